The number of ether oxygens (including phenoxy) is 1. The Kier molecular flexibility index (Phi) is 5.68. The number of ketones is 1. The van der Waals surface area contributed by atoms with Crippen molar-refractivity contribution in [2.24, 2.45) is 0 Å². The summed E-state index contributed by atoms with van der Waals surface area (Å²) in [5.74, 6) is -1.02. The minimum Gasteiger partial charge on any atom is -0.503 e. The zero-order valence-corrected chi connectivity index (χ0v) is 20.6. The predicted octanol–water partition coefficient (Wildman–Crippen LogP) is 6.11. The number of carbonyl (C=O) groups excluding carboxylic acids is 2. The van der Waals surface area contributed by atoms with E-state index in [1.54, 1.807) is 24.3 Å². The lowest BCUT2D eigenvalue weighted by Crippen LogP contribution is -2.31. The normalized spacial score (nSPS) is 16.1. The lowest BCUT2D eigenvalue weighted by Gasteiger charge is -2.24. The van der Waals surface area contributed by atoms with Crippen LogP contribution in [0, 0.1) is 6.92 Å². The second-order valence-corrected chi connectivity index (χ2v) is 9.59. The fraction of sp³-hybridized carbons (Fsp3) is 0.222. The molecule has 1 N–H and O–H groups in total. The van der Waals surface area contributed by atoms with E-state index in [0.717, 1.165) is 11.3 Å². The van der Waals surface area contributed by atoms with Crippen LogP contribution in [0.4, 0.5) is 5.13 Å². The number of furan rings is 1. The van der Waals surface area contributed by atoms with Crippen molar-refractivity contribution in [3.8, 4) is 5.75 Å². The number of amides is 1. The number of carbonyl (C=O) groups is 2. The van der Waals surface area contributed by atoms with E-state index in [-0.39, 0.29) is 11.3 Å². The van der Waals surface area contributed by atoms with Crippen molar-refractivity contribution in [2.45, 2.75) is 32.7 Å². The number of methoxy groups -OCH3 is 1. The molecule has 35 heavy (non-hydrogen) atoms. The lowest BCUT2D eigenvalue weighted by molar-refractivity contribution is -0.117. The number of anilines is 1. The number of Topliss-reactive ketones (excluding diaryl/α,β-unsaturated/α-hetero) is 1. The van der Waals surface area contributed by atoms with E-state index in [1.165, 1.54) is 23.3 Å². The number of para-hydroxylation sites is 1. The fourth-order valence-electron chi connectivity index (χ4n) is 4.31. The standard InChI is InChI=1S/C27H24N2O5S/c1-14(2)16-8-10-17(11-9-16)22-21(24(31)26(32)29(22)27-28-15(3)13-35-27)23(30)20-12-18-6-5-7-19(33-4)25(18)34-20/h5-14,22,31H,1-4H3. The number of hydrogen-bond donors (Lipinski definition) is 1. The Morgan fingerprint density at radius 2 is 1.94 bits per heavy atom. The van der Waals surface area contributed by atoms with Crippen LogP contribution >= 0.6 is 11.3 Å². The van der Waals surface area contributed by atoms with Crippen molar-refractivity contribution >= 4 is 39.1 Å². The second-order valence-electron chi connectivity index (χ2n) is 8.75. The molecule has 0 fully saturated rings. The summed E-state index contributed by atoms with van der Waals surface area (Å²) in [7, 11) is 1.52. The molecule has 1 aliphatic heterocycles. The molecule has 1 atom stereocenters. The highest BCUT2D eigenvalue weighted by molar-refractivity contribution is 7.14. The molecule has 2 aromatic heterocycles. The quantitative estimate of drug-likeness (QED) is 0.329. The molecule has 0 bridgehead atoms. The van der Waals surface area contributed by atoms with Crippen molar-refractivity contribution in [3.63, 3.8) is 0 Å². The highest BCUT2D eigenvalue weighted by atomic mass is 32.1. The summed E-state index contributed by atoms with van der Waals surface area (Å²) in [6.45, 7) is 6.01. The third kappa shape index (κ3) is 3.80. The molecule has 5 rings (SSSR count). The van der Waals surface area contributed by atoms with E-state index in [0.29, 0.717) is 33.3 Å². The van der Waals surface area contributed by atoms with Crippen molar-refractivity contribution in [1.29, 1.82) is 0 Å². The number of fused-ring (bicyclic) bond motifs is 1. The number of thiazole rings is 1. The van der Waals surface area contributed by atoms with Crippen LogP contribution in [-0.4, -0.2) is 28.9 Å². The van der Waals surface area contributed by atoms with Gasteiger partial charge in [-0.05, 0) is 36.1 Å². The van der Waals surface area contributed by atoms with Crippen LogP contribution < -0.4 is 9.64 Å². The second kappa shape index (κ2) is 8.70. The Balaban J connectivity index is 1.64. The molecule has 7 nitrogen and oxygen atoms in total. The Morgan fingerprint density at radius 1 is 1.20 bits per heavy atom. The molecule has 0 radical (unpaired) electrons. The number of rotatable bonds is 6. The van der Waals surface area contributed by atoms with Crippen LogP contribution in [0.5, 0.6) is 5.75 Å². The zero-order valence-electron chi connectivity index (χ0n) is 19.7. The maximum absolute atomic E-state index is 13.8. The van der Waals surface area contributed by atoms with Gasteiger partial charge in [0.25, 0.3) is 5.91 Å². The van der Waals surface area contributed by atoms with Gasteiger partial charge in [-0.3, -0.25) is 14.5 Å². The molecule has 0 spiro atoms. The molecular formula is C27H24N2O5S. The lowest BCUT2D eigenvalue weighted by atomic mass is 9.93. The van der Waals surface area contributed by atoms with Gasteiger partial charge < -0.3 is 14.3 Å². The van der Waals surface area contributed by atoms with Crippen molar-refractivity contribution in [3.05, 3.63) is 87.8 Å². The molecule has 0 saturated heterocycles. The largest absolute Gasteiger partial charge is 0.503 e. The topological polar surface area (TPSA) is 92.9 Å². The average molecular weight is 489 g/mol. The van der Waals surface area contributed by atoms with Gasteiger partial charge in [0.15, 0.2) is 28.0 Å². The molecule has 1 aliphatic rings. The minimum absolute atomic E-state index is 0.0137. The van der Waals surface area contributed by atoms with Crippen LogP contribution in [0.2, 0.25) is 0 Å². The van der Waals surface area contributed by atoms with E-state index in [4.69, 9.17) is 9.15 Å². The summed E-state index contributed by atoms with van der Waals surface area (Å²) in [5.41, 5.74) is 2.94. The van der Waals surface area contributed by atoms with Crippen molar-refractivity contribution in [2.75, 3.05) is 12.0 Å². The molecule has 3 heterocycles. The minimum atomic E-state index is -0.850. The number of aliphatic hydroxyl groups excluding tert-OH is 1. The number of nitrogens with zero attached hydrogens (tertiary/aromatic N) is 2. The first-order chi connectivity index (χ1) is 16.8. The molecule has 0 saturated carbocycles. The molecule has 0 aliphatic carbocycles. The molecule has 1 amide bonds. The fourth-order valence-corrected chi connectivity index (χ4v) is 5.13. The van der Waals surface area contributed by atoms with Gasteiger partial charge in [0, 0.05) is 10.8 Å². The summed E-state index contributed by atoms with van der Waals surface area (Å²) < 4.78 is 11.2. The smallest absolute Gasteiger partial charge is 0.296 e. The van der Waals surface area contributed by atoms with Gasteiger partial charge in [-0.15, -0.1) is 11.3 Å². The summed E-state index contributed by atoms with van der Waals surface area (Å²) in [5, 5.41) is 13.9. The average Bonchev–Trinajstić information content (AvgIpc) is 3.55. The maximum Gasteiger partial charge on any atom is 0.296 e. The van der Waals surface area contributed by atoms with Crippen LogP contribution in [0.15, 0.2) is 69.7 Å². The number of benzene rings is 2. The summed E-state index contributed by atoms with van der Waals surface area (Å²) >= 11 is 1.28. The molecular weight excluding hydrogens is 464 g/mol. The van der Waals surface area contributed by atoms with Gasteiger partial charge in [-0.2, -0.15) is 0 Å². The first kappa shape index (κ1) is 22.9. The first-order valence-electron chi connectivity index (χ1n) is 11.2. The number of hydrogen-bond acceptors (Lipinski definition) is 7. The van der Waals surface area contributed by atoms with Crippen molar-refractivity contribution < 1.29 is 23.8 Å². The molecule has 2 aromatic carbocycles. The molecule has 1 unspecified atom stereocenters. The first-order valence-corrected chi connectivity index (χ1v) is 12.1. The van der Waals surface area contributed by atoms with E-state index in [2.05, 4.69) is 18.8 Å². The Morgan fingerprint density at radius 3 is 2.57 bits per heavy atom. The van der Waals surface area contributed by atoms with Gasteiger partial charge in [-0.25, -0.2) is 4.98 Å². The van der Waals surface area contributed by atoms with Crippen molar-refractivity contribution in [1.82, 2.24) is 4.98 Å². The van der Waals surface area contributed by atoms with Gasteiger partial charge in [0.05, 0.1) is 24.4 Å². The zero-order chi connectivity index (χ0) is 24.9. The van der Waals surface area contributed by atoms with E-state index < -0.39 is 23.5 Å². The Hall–Kier alpha value is -3.91. The number of aromatic nitrogens is 1. The van der Waals surface area contributed by atoms with Gasteiger partial charge >= 0.3 is 0 Å². The Bertz CT molecular complexity index is 1480. The van der Waals surface area contributed by atoms with E-state index in [1.807, 2.05) is 36.6 Å². The number of aryl methyl sites for hydroxylation is 1. The SMILES string of the molecule is COc1cccc2cc(C(=O)C3=C(O)C(=O)N(c4nc(C)cs4)C3c3ccc(C(C)C)cc3)oc12. The van der Waals surface area contributed by atoms with Gasteiger partial charge in [0.1, 0.15) is 0 Å². The third-order valence-corrected chi connectivity index (χ3v) is 7.09. The highest BCUT2D eigenvalue weighted by Gasteiger charge is 2.46. The van der Waals surface area contributed by atoms with Gasteiger partial charge in [0.2, 0.25) is 5.78 Å². The summed E-state index contributed by atoms with van der Waals surface area (Å²) in [6.07, 6.45) is 0. The third-order valence-electron chi connectivity index (χ3n) is 6.14. The molecule has 8 heteroatoms. The van der Waals surface area contributed by atoms with Crippen LogP contribution in [0.3, 0.4) is 0 Å². The molecule has 178 valence electrons. The van der Waals surface area contributed by atoms with E-state index in [9.17, 15) is 14.7 Å². The maximum atomic E-state index is 13.8. The van der Waals surface area contributed by atoms with Crippen LogP contribution in [0.1, 0.15) is 53.2 Å². The van der Waals surface area contributed by atoms with Crippen LogP contribution in [-0.2, 0) is 4.79 Å². The predicted molar refractivity (Wildman–Crippen MR) is 134 cm³/mol. The highest BCUT2D eigenvalue weighted by Crippen LogP contribution is 2.43. The molecule has 4 aromatic rings. The van der Waals surface area contributed by atoms with Crippen LogP contribution in [0.25, 0.3) is 11.0 Å². The van der Waals surface area contributed by atoms with Gasteiger partial charge in [-0.1, -0.05) is 50.2 Å². The monoisotopic (exact) mass is 488 g/mol. The summed E-state index contributed by atoms with van der Waals surface area (Å²) in [4.78, 5) is 32.9. The summed E-state index contributed by atoms with van der Waals surface area (Å²) in [6, 6.07) is 13.8. The van der Waals surface area contributed by atoms with E-state index >= 15 is 0 Å². The Labute approximate surface area is 206 Å². The number of aliphatic hydroxyl groups is 1.